The molecule has 0 bridgehead atoms. The molecule has 1 aliphatic carbocycles. The van der Waals surface area contributed by atoms with Crippen molar-refractivity contribution in [2.45, 2.75) is 51.7 Å². The van der Waals surface area contributed by atoms with Crippen LogP contribution < -0.4 is 4.90 Å². The van der Waals surface area contributed by atoms with Crippen LogP contribution in [0.4, 0.5) is 5.95 Å². The van der Waals surface area contributed by atoms with Crippen molar-refractivity contribution in [3.63, 3.8) is 0 Å². The Hall–Kier alpha value is -1.69. The summed E-state index contributed by atoms with van der Waals surface area (Å²) in [7, 11) is 0. The van der Waals surface area contributed by atoms with Crippen LogP contribution in [0.3, 0.4) is 0 Å². The number of rotatable bonds is 4. The fourth-order valence-electron chi connectivity index (χ4n) is 4.71. The average molecular weight is 412 g/mol. The zero-order valence-electron chi connectivity index (χ0n) is 17.3. The first-order chi connectivity index (χ1) is 14.2. The predicted octanol–water partition coefficient (Wildman–Crippen LogP) is 3.67. The van der Waals surface area contributed by atoms with Crippen LogP contribution in [0.15, 0.2) is 24.4 Å². The largest absolute Gasteiger partial charge is 0.338 e. The Morgan fingerprint density at radius 3 is 2.66 bits per heavy atom. The van der Waals surface area contributed by atoms with Gasteiger partial charge >= 0.3 is 0 Å². The van der Waals surface area contributed by atoms with Gasteiger partial charge in [0.25, 0.3) is 0 Å². The molecule has 154 valence electrons. The molecule has 5 nitrogen and oxygen atoms in total. The van der Waals surface area contributed by atoms with E-state index in [0.29, 0.717) is 0 Å². The van der Waals surface area contributed by atoms with Gasteiger partial charge in [0.15, 0.2) is 0 Å². The predicted molar refractivity (Wildman–Crippen MR) is 117 cm³/mol. The average Bonchev–Trinajstić information content (AvgIpc) is 2.69. The zero-order chi connectivity index (χ0) is 19.8. The van der Waals surface area contributed by atoms with Crippen molar-refractivity contribution in [1.82, 2.24) is 19.8 Å². The van der Waals surface area contributed by atoms with Crippen LogP contribution in [0.1, 0.15) is 41.6 Å². The molecule has 1 saturated carbocycles. The summed E-state index contributed by atoms with van der Waals surface area (Å²) in [6.45, 7) is 9.27. The quantitative estimate of drug-likeness (QED) is 0.767. The number of aryl methyl sites for hydroxylation is 1. The topological polar surface area (TPSA) is 35.5 Å². The maximum Gasteiger partial charge on any atom is 0.225 e. The molecule has 0 spiro atoms. The molecular weight excluding hydrogens is 382 g/mol. The summed E-state index contributed by atoms with van der Waals surface area (Å²) in [5, 5.41) is 0.864. The standard InChI is InChI=1S/C23H30ClN5/c1-17-5-6-18(21(24)13-17)15-27-8-7-22-19(16-27)14-25-23(26-22)29-11-9-28(10-12-29)20-3-2-4-20/h5-6,13-14,20H,2-4,7-12,15-16H2,1H3. The molecule has 3 heterocycles. The van der Waals surface area contributed by atoms with E-state index in [1.54, 1.807) is 0 Å². The summed E-state index contributed by atoms with van der Waals surface area (Å²) in [6, 6.07) is 7.18. The molecular formula is C23H30ClN5. The van der Waals surface area contributed by atoms with Gasteiger partial charge in [-0.15, -0.1) is 0 Å². The number of piperazine rings is 1. The third-order valence-electron chi connectivity index (χ3n) is 6.79. The molecule has 0 N–H and O–H groups in total. The van der Waals surface area contributed by atoms with E-state index < -0.39 is 0 Å². The smallest absolute Gasteiger partial charge is 0.225 e. The minimum absolute atomic E-state index is 0.842. The van der Waals surface area contributed by atoms with Crippen LogP contribution in [0, 0.1) is 6.92 Å². The van der Waals surface area contributed by atoms with Crippen LogP contribution in [-0.4, -0.2) is 58.5 Å². The highest BCUT2D eigenvalue weighted by Crippen LogP contribution is 2.27. The Morgan fingerprint density at radius 2 is 1.93 bits per heavy atom. The lowest BCUT2D eigenvalue weighted by Crippen LogP contribution is -2.52. The van der Waals surface area contributed by atoms with Crippen molar-refractivity contribution >= 4 is 17.5 Å². The second kappa shape index (κ2) is 8.21. The van der Waals surface area contributed by atoms with E-state index in [9.17, 15) is 0 Å². The fraction of sp³-hybridized carbons (Fsp3) is 0.565. The first-order valence-electron chi connectivity index (χ1n) is 11.0. The maximum absolute atomic E-state index is 6.44. The van der Waals surface area contributed by atoms with Gasteiger partial charge in [-0.05, 0) is 37.0 Å². The molecule has 0 radical (unpaired) electrons. The maximum atomic E-state index is 6.44. The highest BCUT2D eigenvalue weighted by molar-refractivity contribution is 6.31. The second-order valence-corrected chi connectivity index (χ2v) is 9.21. The number of aromatic nitrogens is 2. The Kier molecular flexibility index (Phi) is 5.46. The molecule has 1 aromatic carbocycles. The summed E-state index contributed by atoms with van der Waals surface area (Å²) >= 11 is 6.44. The summed E-state index contributed by atoms with van der Waals surface area (Å²) < 4.78 is 0. The van der Waals surface area contributed by atoms with Crippen LogP contribution in [0.5, 0.6) is 0 Å². The van der Waals surface area contributed by atoms with E-state index in [-0.39, 0.29) is 0 Å². The molecule has 2 fully saturated rings. The van der Waals surface area contributed by atoms with Gasteiger partial charge in [0.1, 0.15) is 0 Å². The van der Waals surface area contributed by atoms with E-state index in [1.165, 1.54) is 41.6 Å². The van der Waals surface area contributed by atoms with Crippen molar-refractivity contribution in [2.24, 2.45) is 0 Å². The third kappa shape index (κ3) is 4.14. The first-order valence-corrected chi connectivity index (χ1v) is 11.3. The molecule has 0 unspecified atom stereocenters. The highest BCUT2D eigenvalue weighted by atomic mass is 35.5. The minimum Gasteiger partial charge on any atom is -0.338 e. The molecule has 1 saturated heterocycles. The number of anilines is 1. The number of benzene rings is 1. The summed E-state index contributed by atoms with van der Waals surface area (Å²) in [6.07, 6.45) is 7.22. The summed E-state index contributed by atoms with van der Waals surface area (Å²) in [5.74, 6) is 0.923. The van der Waals surface area contributed by atoms with Crippen LogP contribution in [0.25, 0.3) is 0 Å². The molecule has 29 heavy (non-hydrogen) atoms. The van der Waals surface area contributed by atoms with Gasteiger partial charge in [-0.2, -0.15) is 0 Å². The SMILES string of the molecule is Cc1ccc(CN2CCc3nc(N4CCN(C5CCC5)CC4)ncc3C2)c(Cl)c1. The monoisotopic (exact) mass is 411 g/mol. The van der Waals surface area contributed by atoms with E-state index >= 15 is 0 Å². The van der Waals surface area contributed by atoms with E-state index in [4.69, 9.17) is 21.6 Å². The fourth-order valence-corrected chi connectivity index (χ4v) is 5.01. The third-order valence-corrected chi connectivity index (χ3v) is 7.14. The minimum atomic E-state index is 0.842. The Bertz CT molecular complexity index is 874. The lowest BCUT2D eigenvalue weighted by Gasteiger charge is -2.43. The molecule has 6 heteroatoms. The van der Waals surface area contributed by atoms with E-state index in [1.807, 2.05) is 0 Å². The van der Waals surface area contributed by atoms with Crippen LogP contribution in [0.2, 0.25) is 5.02 Å². The van der Waals surface area contributed by atoms with E-state index in [0.717, 1.165) is 69.2 Å². The van der Waals surface area contributed by atoms with Crippen molar-refractivity contribution in [3.8, 4) is 0 Å². The molecule has 3 aliphatic rings. The normalized spacial score (nSPS) is 21.1. The Labute approximate surface area is 178 Å². The van der Waals surface area contributed by atoms with Gasteiger partial charge in [0.2, 0.25) is 5.95 Å². The number of fused-ring (bicyclic) bond motifs is 1. The van der Waals surface area contributed by atoms with Gasteiger partial charge in [0.05, 0.1) is 5.69 Å². The lowest BCUT2D eigenvalue weighted by molar-refractivity contribution is 0.120. The number of nitrogens with zero attached hydrogens (tertiary/aromatic N) is 5. The molecule has 1 aromatic heterocycles. The molecule has 0 atom stereocenters. The van der Waals surface area contributed by atoms with Gasteiger partial charge in [-0.25, -0.2) is 9.97 Å². The molecule has 0 amide bonds. The van der Waals surface area contributed by atoms with E-state index in [2.05, 4.69) is 46.0 Å². The van der Waals surface area contributed by atoms with Gasteiger partial charge < -0.3 is 4.90 Å². The van der Waals surface area contributed by atoms with Crippen molar-refractivity contribution in [3.05, 3.63) is 51.8 Å². The van der Waals surface area contributed by atoms with Gasteiger partial charge in [-0.3, -0.25) is 9.80 Å². The van der Waals surface area contributed by atoms with Gasteiger partial charge in [0, 0.05) is 75.1 Å². The highest BCUT2D eigenvalue weighted by Gasteiger charge is 2.29. The van der Waals surface area contributed by atoms with Crippen molar-refractivity contribution in [2.75, 3.05) is 37.6 Å². The Balaban J connectivity index is 1.21. The van der Waals surface area contributed by atoms with Crippen molar-refractivity contribution in [1.29, 1.82) is 0 Å². The summed E-state index contributed by atoms with van der Waals surface area (Å²) in [5.41, 5.74) is 4.89. The number of hydrogen-bond donors (Lipinski definition) is 0. The molecule has 2 aliphatic heterocycles. The van der Waals surface area contributed by atoms with Crippen LogP contribution >= 0.6 is 11.6 Å². The molecule has 2 aromatic rings. The van der Waals surface area contributed by atoms with Crippen LogP contribution in [-0.2, 0) is 19.5 Å². The van der Waals surface area contributed by atoms with Crippen molar-refractivity contribution < 1.29 is 0 Å². The zero-order valence-corrected chi connectivity index (χ0v) is 18.0. The number of halogens is 1. The first kappa shape index (κ1) is 19.3. The molecule has 5 rings (SSSR count). The number of hydrogen-bond acceptors (Lipinski definition) is 5. The summed E-state index contributed by atoms with van der Waals surface area (Å²) in [4.78, 5) is 17.2. The lowest BCUT2D eigenvalue weighted by atomic mass is 9.91. The second-order valence-electron chi connectivity index (χ2n) is 8.81. The van der Waals surface area contributed by atoms with Gasteiger partial charge in [-0.1, -0.05) is 30.2 Å². The Morgan fingerprint density at radius 1 is 1.10 bits per heavy atom.